The SMILES string of the molecule is CCCCC/C=C\C/C=C\C/C=C\CCCCCCCCC(=O)OC1C(OCC(NC(=O)C(O)CCCCCCCCCCCCCCCCCC/C=C\C/C=C\CCCCC)C(O)/C=C/CCCCCCCCCCCC)OC(CO)C(O)C1O. The molecule has 0 spiro atoms. The first-order valence-electron chi connectivity index (χ1n) is 36.2. The lowest BCUT2D eigenvalue weighted by atomic mass is 9.99. The number of carbonyl (C=O) groups is 2. The van der Waals surface area contributed by atoms with Crippen molar-refractivity contribution in [1.29, 1.82) is 0 Å². The molecule has 1 aliphatic rings. The van der Waals surface area contributed by atoms with Gasteiger partial charge in [-0.15, -0.1) is 0 Å². The normalized spacial score (nSPS) is 18.7. The Morgan fingerprint density at radius 1 is 0.453 bits per heavy atom. The summed E-state index contributed by atoms with van der Waals surface area (Å²) >= 11 is 0. The summed E-state index contributed by atoms with van der Waals surface area (Å²) in [5.74, 6) is -1.20. The van der Waals surface area contributed by atoms with Gasteiger partial charge in [0.1, 0.15) is 24.4 Å². The van der Waals surface area contributed by atoms with Crippen LogP contribution in [0.3, 0.4) is 0 Å². The largest absolute Gasteiger partial charge is 0.454 e. The molecule has 8 atom stereocenters. The van der Waals surface area contributed by atoms with Gasteiger partial charge >= 0.3 is 5.97 Å². The van der Waals surface area contributed by atoms with Gasteiger partial charge in [-0.05, 0) is 96.3 Å². The second-order valence-corrected chi connectivity index (χ2v) is 25.0. The van der Waals surface area contributed by atoms with Crippen LogP contribution < -0.4 is 5.32 Å². The van der Waals surface area contributed by atoms with Crippen LogP contribution in [0.1, 0.15) is 329 Å². The minimum Gasteiger partial charge on any atom is -0.454 e. The van der Waals surface area contributed by atoms with Gasteiger partial charge in [0.25, 0.3) is 0 Å². The molecule has 1 heterocycles. The number of nitrogens with one attached hydrogen (secondary N) is 1. The molecule has 86 heavy (non-hydrogen) atoms. The van der Waals surface area contributed by atoms with Gasteiger partial charge in [0.05, 0.1) is 25.4 Å². The molecule has 0 aromatic carbocycles. The van der Waals surface area contributed by atoms with E-state index in [0.717, 1.165) is 96.3 Å². The molecule has 0 aromatic heterocycles. The van der Waals surface area contributed by atoms with Crippen LogP contribution >= 0.6 is 0 Å². The Hall–Kier alpha value is -2.90. The second-order valence-electron chi connectivity index (χ2n) is 25.0. The summed E-state index contributed by atoms with van der Waals surface area (Å²) in [7, 11) is 0. The van der Waals surface area contributed by atoms with Crippen LogP contribution in [0.15, 0.2) is 72.9 Å². The molecule has 1 saturated heterocycles. The summed E-state index contributed by atoms with van der Waals surface area (Å²) in [5.41, 5.74) is 0. The van der Waals surface area contributed by atoms with E-state index in [9.17, 15) is 35.1 Å². The first-order valence-corrected chi connectivity index (χ1v) is 36.2. The molecule has 6 N–H and O–H groups in total. The van der Waals surface area contributed by atoms with Crippen LogP contribution in [-0.2, 0) is 23.8 Å². The summed E-state index contributed by atoms with van der Waals surface area (Å²) < 4.78 is 17.7. The highest BCUT2D eigenvalue weighted by Gasteiger charge is 2.47. The Morgan fingerprint density at radius 3 is 1.22 bits per heavy atom. The fourth-order valence-corrected chi connectivity index (χ4v) is 11.1. The zero-order valence-electron chi connectivity index (χ0n) is 55.7. The van der Waals surface area contributed by atoms with Crippen molar-refractivity contribution >= 4 is 11.9 Å². The van der Waals surface area contributed by atoms with E-state index >= 15 is 0 Å². The van der Waals surface area contributed by atoms with Gasteiger partial charge in [-0.1, -0.05) is 299 Å². The average molecular weight is 1210 g/mol. The number of carbonyl (C=O) groups excluding carboxylic acids is 2. The molecule has 0 radical (unpaired) electrons. The van der Waals surface area contributed by atoms with Crippen molar-refractivity contribution in [2.75, 3.05) is 13.2 Å². The van der Waals surface area contributed by atoms with Gasteiger partial charge in [0.2, 0.25) is 5.91 Å². The number of amides is 1. The number of hydrogen-bond acceptors (Lipinski definition) is 10. The Labute approximate surface area is 528 Å². The number of esters is 1. The zero-order valence-corrected chi connectivity index (χ0v) is 55.7. The molecule has 1 amide bonds. The van der Waals surface area contributed by atoms with Gasteiger partial charge in [0, 0.05) is 6.42 Å². The number of allylic oxidation sites excluding steroid dienone is 11. The third-order valence-electron chi connectivity index (χ3n) is 16.8. The number of hydrogen-bond donors (Lipinski definition) is 6. The Kier molecular flexibility index (Phi) is 58.8. The summed E-state index contributed by atoms with van der Waals surface area (Å²) in [4.78, 5) is 26.7. The van der Waals surface area contributed by atoms with Crippen molar-refractivity contribution in [3.05, 3.63) is 72.9 Å². The van der Waals surface area contributed by atoms with E-state index in [-0.39, 0.29) is 13.0 Å². The van der Waals surface area contributed by atoms with Crippen molar-refractivity contribution in [2.45, 2.75) is 378 Å². The van der Waals surface area contributed by atoms with Crippen LogP contribution in [0.4, 0.5) is 0 Å². The molecular formula is C75H135NO10. The lowest BCUT2D eigenvalue weighted by Crippen LogP contribution is -2.61. The highest BCUT2D eigenvalue weighted by atomic mass is 16.7. The van der Waals surface area contributed by atoms with Crippen molar-refractivity contribution in [1.82, 2.24) is 5.32 Å². The lowest BCUT2D eigenvalue weighted by molar-refractivity contribution is -0.305. The van der Waals surface area contributed by atoms with Crippen molar-refractivity contribution < 1.29 is 49.3 Å². The Morgan fingerprint density at radius 2 is 0.802 bits per heavy atom. The average Bonchev–Trinajstić information content (AvgIpc) is 3.01. The van der Waals surface area contributed by atoms with E-state index in [1.165, 1.54) is 186 Å². The van der Waals surface area contributed by atoms with Crippen molar-refractivity contribution in [3.8, 4) is 0 Å². The number of aliphatic hydroxyl groups is 5. The lowest BCUT2D eigenvalue weighted by Gasteiger charge is -2.41. The monoisotopic (exact) mass is 1210 g/mol. The number of unbranched alkanes of at least 4 members (excludes halogenated alkanes) is 38. The third kappa shape index (κ3) is 49.0. The maximum atomic E-state index is 13.5. The first-order chi connectivity index (χ1) is 42.2. The smallest absolute Gasteiger partial charge is 0.306 e. The molecule has 0 bridgehead atoms. The molecule has 1 rings (SSSR count). The molecule has 8 unspecified atom stereocenters. The Balaban J connectivity index is 2.56. The van der Waals surface area contributed by atoms with Crippen molar-refractivity contribution in [3.63, 3.8) is 0 Å². The summed E-state index contributed by atoms with van der Waals surface area (Å²) in [5, 5.41) is 57.3. The van der Waals surface area contributed by atoms with Gasteiger partial charge < -0.3 is 45.1 Å². The highest BCUT2D eigenvalue weighted by Crippen LogP contribution is 2.26. The van der Waals surface area contributed by atoms with Gasteiger partial charge in [-0.3, -0.25) is 9.59 Å². The van der Waals surface area contributed by atoms with E-state index in [2.05, 4.69) is 86.8 Å². The van der Waals surface area contributed by atoms with Gasteiger partial charge in [0.15, 0.2) is 12.4 Å². The molecule has 1 aliphatic heterocycles. The number of ether oxygens (including phenoxy) is 3. The molecule has 0 aromatic rings. The van der Waals surface area contributed by atoms with Gasteiger partial charge in [-0.25, -0.2) is 0 Å². The van der Waals surface area contributed by atoms with Crippen LogP contribution in [-0.4, -0.2) is 99.6 Å². The Bertz CT molecular complexity index is 1680. The maximum absolute atomic E-state index is 13.5. The van der Waals surface area contributed by atoms with Crippen LogP contribution in [0, 0.1) is 0 Å². The standard InChI is InChI=1S/C75H135NO10/c1-4-7-10-13-16-19-22-25-27-29-31-32-33-34-35-36-37-39-40-42-44-47-50-53-56-59-62-68(79)74(83)76-66(67(78)61-58-55-52-49-46-24-21-18-15-12-9-6-3)65-84-75-73(72(82)71(81)69(64-77)85-75)86-70(80)63-60-57-54-51-48-45-43-41-38-30-28-26-23-20-17-14-11-8-5-2/h16-17,19-20,25-28,38,41,58,61,66-69,71-73,75,77-79,81-82H,4-15,18,21-24,29-37,39-40,42-57,59-60,62-65H2,1-3H3,(H,76,83)/b19-16-,20-17-,27-25-,28-26-,41-38-,61-58+. The first kappa shape index (κ1) is 81.1. The van der Waals surface area contributed by atoms with E-state index in [0.29, 0.717) is 19.3 Å². The maximum Gasteiger partial charge on any atom is 0.306 e. The van der Waals surface area contributed by atoms with Gasteiger partial charge in [-0.2, -0.15) is 0 Å². The van der Waals surface area contributed by atoms with Crippen molar-refractivity contribution in [2.24, 2.45) is 0 Å². The molecule has 11 heteroatoms. The molecule has 0 saturated carbocycles. The van der Waals surface area contributed by atoms with E-state index in [1.807, 2.05) is 6.08 Å². The molecule has 500 valence electrons. The summed E-state index contributed by atoms with van der Waals surface area (Å²) in [6.07, 6.45) is 70.8. The zero-order chi connectivity index (χ0) is 62.4. The number of aliphatic hydroxyl groups excluding tert-OH is 5. The highest BCUT2D eigenvalue weighted by molar-refractivity contribution is 5.80. The number of rotatable bonds is 62. The second kappa shape index (κ2) is 62.3. The molecule has 11 nitrogen and oxygen atoms in total. The molecule has 1 fully saturated rings. The predicted octanol–water partition coefficient (Wildman–Crippen LogP) is 18.7. The van der Waals surface area contributed by atoms with Crippen LogP contribution in [0.2, 0.25) is 0 Å². The fraction of sp³-hybridized carbons (Fsp3) is 0.813. The minimum atomic E-state index is -1.62. The van der Waals surface area contributed by atoms with E-state index in [1.54, 1.807) is 6.08 Å². The van der Waals surface area contributed by atoms with E-state index in [4.69, 9.17) is 14.2 Å². The predicted molar refractivity (Wildman–Crippen MR) is 361 cm³/mol. The summed E-state index contributed by atoms with van der Waals surface area (Å²) in [6.45, 7) is 5.76. The van der Waals surface area contributed by atoms with Crippen LogP contribution in [0.25, 0.3) is 0 Å². The fourth-order valence-electron chi connectivity index (χ4n) is 11.1. The molecular weight excluding hydrogens is 1070 g/mol. The molecule has 0 aliphatic carbocycles. The topological polar surface area (TPSA) is 175 Å². The quantitative estimate of drug-likeness (QED) is 0.0195. The van der Waals surface area contributed by atoms with Crippen LogP contribution in [0.5, 0.6) is 0 Å². The minimum absolute atomic E-state index is 0.108. The third-order valence-corrected chi connectivity index (χ3v) is 16.8. The van der Waals surface area contributed by atoms with E-state index < -0.39 is 67.4 Å². The summed E-state index contributed by atoms with van der Waals surface area (Å²) in [6, 6.07) is -1.03.